The molecule has 2 aromatic carbocycles. The number of nitrogens with zero attached hydrogens (tertiary/aromatic N) is 2. The van der Waals surface area contributed by atoms with Crippen molar-refractivity contribution in [2.45, 2.75) is 32.9 Å². The van der Waals surface area contributed by atoms with Gasteiger partial charge in [-0.2, -0.15) is 0 Å². The summed E-state index contributed by atoms with van der Waals surface area (Å²) in [4.78, 5) is 27.3. The van der Waals surface area contributed by atoms with Gasteiger partial charge in [-0.3, -0.25) is 13.9 Å². The molecule has 1 atom stereocenters. The molecule has 2 rings (SSSR count). The fraction of sp³-hybridized carbons (Fsp3) is 0.391. The Kier molecular flexibility index (Phi) is 9.07. The lowest BCUT2D eigenvalue weighted by Crippen LogP contribution is -2.51. The molecule has 0 heterocycles. The molecular weight excluding hydrogens is 430 g/mol. The van der Waals surface area contributed by atoms with E-state index in [-0.39, 0.29) is 12.5 Å². The van der Waals surface area contributed by atoms with E-state index >= 15 is 0 Å². The van der Waals surface area contributed by atoms with Crippen LogP contribution in [0.25, 0.3) is 0 Å². The SMILES string of the molecule is CCOc1ccc(N(CC(=O)N(Cc2ccccc2)[C@@H](CC)C(=O)NC)S(C)(=O)=O)cc1. The molecule has 0 radical (unpaired) electrons. The van der Waals surface area contributed by atoms with Gasteiger partial charge in [0.25, 0.3) is 0 Å². The maximum atomic E-state index is 13.4. The zero-order chi connectivity index (χ0) is 23.7. The first-order valence-corrected chi connectivity index (χ1v) is 12.3. The van der Waals surface area contributed by atoms with Gasteiger partial charge >= 0.3 is 0 Å². The van der Waals surface area contributed by atoms with Gasteiger partial charge in [0.15, 0.2) is 0 Å². The number of carbonyl (C=O) groups is 2. The van der Waals surface area contributed by atoms with E-state index in [9.17, 15) is 18.0 Å². The van der Waals surface area contributed by atoms with Crippen LogP contribution in [-0.2, 0) is 26.2 Å². The van der Waals surface area contributed by atoms with Crippen LogP contribution < -0.4 is 14.4 Å². The number of carbonyl (C=O) groups excluding carboxylic acids is 2. The zero-order valence-electron chi connectivity index (χ0n) is 18.9. The van der Waals surface area contributed by atoms with Crippen molar-refractivity contribution in [3.63, 3.8) is 0 Å². The molecule has 32 heavy (non-hydrogen) atoms. The molecule has 8 nitrogen and oxygen atoms in total. The molecule has 0 aliphatic carbocycles. The van der Waals surface area contributed by atoms with E-state index in [4.69, 9.17) is 4.74 Å². The third-order valence-electron chi connectivity index (χ3n) is 4.94. The summed E-state index contributed by atoms with van der Waals surface area (Å²) in [5.41, 5.74) is 1.19. The Morgan fingerprint density at radius 2 is 1.66 bits per heavy atom. The van der Waals surface area contributed by atoms with Crippen molar-refractivity contribution in [3.8, 4) is 5.75 Å². The Morgan fingerprint density at radius 3 is 2.16 bits per heavy atom. The smallest absolute Gasteiger partial charge is 0.244 e. The minimum absolute atomic E-state index is 0.187. The molecular formula is C23H31N3O5S. The summed E-state index contributed by atoms with van der Waals surface area (Å²) >= 11 is 0. The van der Waals surface area contributed by atoms with Crippen LogP contribution in [0.5, 0.6) is 5.75 Å². The number of benzene rings is 2. The van der Waals surface area contributed by atoms with Crippen molar-refractivity contribution >= 4 is 27.5 Å². The lowest BCUT2D eigenvalue weighted by atomic mass is 10.1. The maximum absolute atomic E-state index is 13.4. The molecule has 2 aromatic rings. The second-order valence-electron chi connectivity index (χ2n) is 7.24. The standard InChI is InChI=1S/C23H31N3O5S/c1-5-21(23(28)24-3)25(16-18-10-8-7-9-11-18)22(27)17-26(32(4,29)30)19-12-14-20(15-13-19)31-6-2/h7-15,21H,5-6,16-17H2,1-4H3,(H,24,28)/t21-/m0/s1. The summed E-state index contributed by atoms with van der Waals surface area (Å²) in [6.45, 7) is 3.92. The number of rotatable bonds is 11. The molecule has 0 fully saturated rings. The quantitative estimate of drug-likeness (QED) is 0.554. The van der Waals surface area contributed by atoms with Crippen molar-refractivity contribution in [1.29, 1.82) is 0 Å². The Balaban J connectivity index is 2.37. The average Bonchev–Trinajstić information content (AvgIpc) is 2.77. The molecule has 9 heteroatoms. The minimum Gasteiger partial charge on any atom is -0.494 e. The van der Waals surface area contributed by atoms with Crippen molar-refractivity contribution in [2.75, 3.05) is 30.8 Å². The van der Waals surface area contributed by atoms with Crippen LogP contribution >= 0.6 is 0 Å². The largest absolute Gasteiger partial charge is 0.494 e. The average molecular weight is 462 g/mol. The van der Waals surface area contributed by atoms with E-state index in [1.165, 1.54) is 11.9 Å². The topological polar surface area (TPSA) is 96.0 Å². The van der Waals surface area contributed by atoms with Gasteiger partial charge in [0, 0.05) is 13.6 Å². The van der Waals surface area contributed by atoms with E-state index in [0.717, 1.165) is 16.1 Å². The van der Waals surface area contributed by atoms with Crippen LogP contribution in [0.4, 0.5) is 5.69 Å². The highest BCUT2D eigenvalue weighted by atomic mass is 32.2. The van der Waals surface area contributed by atoms with E-state index < -0.39 is 28.5 Å². The van der Waals surface area contributed by atoms with Crippen LogP contribution in [-0.4, -0.2) is 57.6 Å². The van der Waals surface area contributed by atoms with Crippen molar-refractivity contribution in [3.05, 3.63) is 60.2 Å². The van der Waals surface area contributed by atoms with Gasteiger partial charge in [-0.25, -0.2) is 8.42 Å². The third kappa shape index (κ3) is 6.71. The predicted octanol–water partition coefficient (Wildman–Crippen LogP) is 2.40. The van der Waals surface area contributed by atoms with Crippen LogP contribution in [0, 0.1) is 0 Å². The van der Waals surface area contributed by atoms with Crippen LogP contribution in [0.15, 0.2) is 54.6 Å². The molecule has 2 amide bonds. The molecule has 0 aromatic heterocycles. The fourth-order valence-electron chi connectivity index (χ4n) is 3.36. The molecule has 1 N–H and O–H groups in total. The highest BCUT2D eigenvalue weighted by Gasteiger charge is 2.31. The Labute approximate surface area is 190 Å². The summed E-state index contributed by atoms with van der Waals surface area (Å²) in [6, 6.07) is 15.1. The number of hydrogen-bond acceptors (Lipinski definition) is 5. The number of amides is 2. The highest BCUT2D eigenvalue weighted by molar-refractivity contribution is 7.92. The number of nitrogens with one attached hydrogen (secondary N) is 1. The van der Waals surface area contributed by atoms with Crippen molar-refractivity contribution in [2.24, 2.45) is 0 Å². The number of sulfonamides is 1. The van der Waals surface area contributed by atoms with Gasteiger partial charge in [-0.1, -0.05) is 37.3 Å². The monoisotopic (exact) mass is 461 g/mol. The van der Waals surface area contributed by atoms with Crippen molar-refractivity contribution < 1.29 is 22.7 Å². The van der Waals surface area contributed by atoms with E-state index in [1.807, 2.05) is 44.2 Å². The first-order chi connectivity index (χ1) is 15.2. The molecule has 0 saturated heterocycles. The summed E-state index contributed by atoms with van der Waals surface area (Å²) in [5, 5.41) is 2.59. The van der Waals surface area contributed by atoms with E-state index in [2.05, 4.69) is 5.32 Å². The summed E-state index contributed by atoms with van der Waals surface area (Å²) in [7, 11) is -2.25. The van der Waals surface area contributed by atoms with Gasteiger partial charge in [0.1, 0.15) is 18.3 Å². The third-order valence-corrected chi connectivity index (χ3v) is 6.08. The molecule has 0 spiro atoms. The van der Waals surface area contributed by atoms with Crippen LogP contribution in [0.1, 0.15) is 25.8 Å². The van der Waals surface area contributed by atoms with Gasteiger partial charge < -0.3 is 15.0 Å². The van der Waals surface area contributed by atoms with Gasteiger partial charge in [-0.05, 0) is 43.2 Å². The van der Waals surface area contributed by atoms with Gasteiger partial charge in [-0.15, -0.1) is 0 Å². The second-order valence-corrected chi connectivity index (χ2v) is 9.15. The minimum atomic E-state index is -3.76. The molecule has 0 unspecified atom stereocenters. The Hall–Kier alpha value is -3.07. The fourth-order valence-corrected chi connectivity index (χ4v) is 4.20. The normalized spacial score (nSPS) is 12.0. The predicted molar refractivity (Wildman–Crippen MR) is 125 cm³/mol. The number of likely N-dealkylation sites (N-methyl/N-ethyl adjacent to an activating group) is 1. The molecule has 0 aliphatic rings. The number of anilines is 1. The first kappa shape index (κ1) is 25.2. The lowest BCUT2D eigenvalue weighted by molar-refractivity contribution is -0.140. The first-order valence-electron chi connectivity index (χ1n) is 10.5. The molecule has 0 bridgehead atoms. The van der Waals surface area contributed by atoms with E-state index in [0.29, 0.717) is 24.5 Å². The van der Waals surface area contributed by atoms with Crippen molar-refractivity contribution in [1.82, 2.24) is 10.2 Å². The lowest BCUT2D eigenvalue weighted by Gasteiger charge is -2.32. The second kappa shape index (κ2) is 11.5. The van der Waals surface area contributed by atoms with E-state index in [1.54, 1.807) is 24.3 Å². The summed E-state index contributed by atoms with van der Waals surface area (Å²) < 4.78 is 31.5. The van der Waals surface area contributed by atoms with Crippen LogP contribution in [0.3, 0.4) is 0 Å². The number of hydrogen-bond donors (Lipinski definition) is 1. The highest BCUT2D eigenvalue weighted by Crippen LogP contribution is 2.22. The zero-order valence-corrected chi connectivity index (χ0v) is 19.8. The maximum Gasteiger partial charge on any atom is 0.244 e. The number of ether oxygens (including phenoxy) is 1. The van der Waals surface area contributed by atoms with Gasteiger partial charge in [0.05, 0.1) is 18.6 Å². The molecule has 0 aliphatic heterocycles. The molecule has 174 valence electrons. The molecule has 0 saturated carbocycles. The Morgan fingerprint density at radius 1 is 1.03 bits per heavy atom. The Bertz CT molecular complexity index is 994. The summed E-state index contributed by atoms with van der Waals surface area (Å²) in [5.74, 6) is -0.167. The van der Waals surface area contributed by atoms with Crippen LogP contribution in [0.2, 0.25) is 0 Å². The van der Waals surface area contributed by atoms with Gasteiger partial charge in [0.2, 0.25) is 21.8 Å². The summed E-state index contributed by atoms with van der Waals surface area (Å²) in [6.07, 6.45) is 1.44.